The molecule has 1 spiro atoms. The molecule has 3 aliphatic heterocycles. The van der Waals surface area contributed by atoms with E-state index in [2.05, 4.69) is 16.0 Å². The smallest absolute Gasteiger partial charge is 0.256 e. The number of likely N-dealkylation sites (tertiary alicyclic amines) is 1. The van der Waals surface area contributed by atoms with Gasteiger partial charge in [0.25, 0.3) is 5.91 Å². The predicted molar refractivity (Wildman–Crippen MR) is 129 cm³/mol. The fourth-order valence-electron chi connectivity index (χ4n) is 5.42. The Morgan fingerprint density at radius 1 is 1.18 bits per heavy atom. The van der Waals surface area contributed by atoms with Crippen molar-refractivity contribution in [3.05, 3.63) is 42.9 Å². The third-order valence-corrected chi connectivity index (χ3v) is 7.73. The molecule has 34 heavy (non-hydrogen) atoms. The number of hydrogen-bond donors (Lipinski definition) is 0. The number of aliphatic imine (C=N–C) groups is 2. The van der Waals surface area contributed by atoms with Crippen LogP contribution in [0.3, 0.4) is 0 Å². The number of furan rings is 1. The molecule has 174 valence electrons. The minimum atomic E-state index is -0.568. The highest BCUT2D eigenvalue weighted by Gasteiger charge is 2.58. The second-order valence-corrected chi connectivity index (χ2v) is 10.2. The van der Waals surface area contributed by atoms with Gasteiger partial charge in [0.15, 0.2) is 5.84 Å². The lowest BCUT2D eigenvalue weighted by molar-refractivity contribution is -0.131. The third kappa shape index (κ3) is 3.27. The van der Waals surface area contributed by atoms with E-state index in [-0.39, 0.29) is 17.7 Å². The molecule has 3 fully saturated rings. The number of amidine groups is 1. The van der Waals surface area contributed by atoms with Crippen LogP contribution in [0.5, 0.6) is 0 Å². The SMILES string of the molecule is O=C(C1CC1)N1CC[C@@H](CN2C(=O)C3(CC3)N=C2C2=NC=CN(c3ccc4occc4c3)C2)C1. The molecule has 0 bridgehead atoms. The van der Waals surface area contributed by atoms with Crippen molar-refractivity contribution in [3.8, 4) is 0 Å². The van der Waals surface area contributed by atoms with E-state index in [9.17, 15) is 9.59 Å². The molecule has 1 aromatic heterocycles. The summed E-state index contributed by atoms with van der Waals surface area (Å²) in [5.74, 6) is 1.65. The van der Waals surface area contributed by atoms with Crippen LogP contribution in [0.1, 0.15) is 32.1 Å². The first-order valence-electron chi connectivity index (χ1n) is 12.3. The van der Waals surface area contributed by atoms with Crippen LogP contribution >= 0.6 is 0 Å². The monoisotopic (exact) mass is 457 g/mol. The summed E-state index contributed by atoms with van der Waals surface area (Å²) in [6.07, 6.45) is 10.1. The van der Waals surface area contributed by atoms with Crippen LogP contribution in [0.15, 0.2) is 57.3 Å². The topological polar surface area (TPSA) is 81.7 Å². The van der Waals surface area contributed by atoms with E-state index in [1.807, 2.05) is 34.2 Å². The molecule has 2 aromatic rings. The molecule has 0 radical (unpaired) electrons. The van der Waals surface area contributed by atoms with Gasteiger partial charge < -0.3 is 14.2 Å². The summed E-state index contributed by atoms with van der Waals surface area (Å²) in [4.78, 5) is 41.4. The molecule has 0 unspecified atom stereocenters. The Morgan fingerprint density at radius 2 is 2.06 bits per heavy atom. The second kappa shape index (κ2) is 7.29. The maximum Gasteiger partial charge on any atom is 0.256 e. The zero-order valence-corrected chi connectivity index (χ0v) is 19.0. The van der Waals surface area contributed by atoms with Crippen molar-refractivity contribution >= 4 is 40.0 Å². The predicted octanol–water partition coefficient (Wildman–Crippen LogP) is 3.20. The van der Waals surface area contributed by atoms with Gasteiger partial charge in [-0.2, -0.15) is 0 Å². The number of benzene rings is 1. The van der Waals surface area contributed by atoms with Crippen molar-refractivity contribution in [2.45, 2.75) is 37.6 Å². The van der Waals surface area contributed by atoms with Crippen molar-refractivity contribution in [3.63, 3.8) is 0 Å². The van der Waals surface area contributed by atoms with E-state index in [0.717, 1.165) is 67.6 Å². The molecular weight excluding hydrogens is 430 g/mol. The van der Waals surface area contributed by atoms with Gasteiger partial charge in [0.1, 0.15) is 16.8 Å². The number of carbonyl (C=O) groups excluding carboxylic acids is 2. The van der Waals surface area contributed by atoms with Gasteiger partial charge in [-0.3, -0.25) is 19.5 Å². The molecule has 8 heteroatoms. The number of fused-ring (bicyclic) bond motifs is 1. The lowest BCUT2D eigenvalue weighted by Gasteiger charge is -2.28. The highest BCUT2D eigenvalue weighted by molar-refractivity contribution is 6.47. The van der Waals surface area contributed by atoms with Gasteiger partial charge in [0, 0.05) is 49.0 Å². The molecule has 1 saturated heterocycles. The van der Waals surface area contributed by atoms with Crippen LogP contribution in [0.4, 0.5) is 5.69 Å². The Bertz CT molecular complexity index is 1280. The number of nitrogens with zero attached hydrogens (tertiary/aromatic N) is 5. The Labute approximate surface area is 197 Å². The van der Waals surface area contributed by atoms with Crippen molar-refractivity contribution in [2.75, 3.05) is 31.1 Å². The van der Waals surface area contributed by atoms with Crippen LogP contribution in [0.25, 0.3) is 11.0 Å². The Balaban J connectivity index is 1.10. The minimum Gasteiger partial charge on any atom is -0.464 e. The first kappa shape index (κ1) is 20.0. The quantitative estimate of drug-likeness (QED) is 0.691. The van der Waals surface area contributed by atoms with E-state index in [4.69, 9.17) is 9.41 Å². The van der Waals surface area contributed by atoms with E-state index >= 15 is 0 Å². The summed E-state index contributed by atoms with van der Waals surface area (Å²) in [6.45, 7) is 2.70. The van der Waals surface area contributed by atoms with Gasteiger partial charge >= 0.3 is 0 Å². The molecule has 8 nitrogen and oxygen atoms in total. The van der Waals surface area contributed by atoms with Crippen LogP contribution in [0.2, 0.25) is 0 Å². The molecule has 5 aliphatic rings. The normalized spacial score (nSPS) is 25.5. The van der Waals surface area contributed by atoms with Gasteiger partial charge in [-0.15, -0.1) is 0 Å². The lowest BCUT2D eigenvalue weighted by atomic mass is 10.1. The highest BCUT2D eigenvalue weighted by Crippen LogP contribution is 2.46. The molecular formula is C26H27N5O3. The molecule has 2 aliphatic carbocycles. The van der Waals surface area contributed by atoms with E-state index in [0.29, 0.717) is 24.8 Å². The molecule has 4 heterocycles. The number of anilines is 1. The third-order valence-electron chi connectivity index (χ3n) is 7.73. The largest absolute Gasteiger partial charge is 0.464 e. The Hall–Kier alpha value is -3.42. The van der Waals surface area contributed by atoms with Crippen molar-refractivity contribution in [1.82, 2.24) is 9.80 Å². The zero-order valence-electron chi connectivity index (χ0n) is 19.0. The van der Waals surface area contributed by atoms with Gasteiger partial charge in [0.05, 0.1) is 12.8 Å². The minimum absolute atomic E-state index is 0.109. The maximum absolute atomic E-state index is 13.4. The number of hydrogen-bond acceptors (Lipinski definition) is 6. The summed E-state index contributed by atoms with van der Waals surface area (Å²) in [6, 6.07) is 8.06. The van der Waals surface area contributed by atoms with Crippen LogP contribution in [-0.2, 0) is 9.59 Å². The Morgan fingerprint density at radius 3 is 2.88 bits per heavy atom. The van der Waals surface area contributed by atoms with Crippen molar-refractivity contribution < 1.29 is 14.0 Å². The number of amides is 2. The molecule has 1 atom stereocenters. The molecule has 7 rings (SSSR count). The average Bonchev–Trinajstić information content (AvgIpc) is 3.74. The standard InChI is InChI=1S/C26H27N5O3/c32-24(18-1-2-18)30-10-5-17(14-30)15-31-23(28-26(7-8-26)25(31)33)21-16-29(11-9-27-21)20-3-4-22-19(13-20)6-12-34-22/h3-4,6,9,11-13,17-18H,1-2,5,7-8,10,14-16H2/t17-/m1/s1. The summed E-state index contributed by atoms with van der Waals surface area (Å²) >= 11 is 0. The van der Waals surface area contributed by atoms with Crippen LogP contribution in [0, 0.1) is 11.8 Å². The van der Waals surface area contributed by atoms with Gasteiger partial charge in [-0.25, -0.2) is 4.99 Å². The maximum atomic E-state index is 13.4. The molecule has 2 saturated carbocycles. The summed E-state index contributed by atoms with van der Waals surface area (Å²) < 4.78 is 5.47. The number of carbonyl (C=O) groups is 2. The zero-order chi connectivity index (χ0) is 22.9. The highest BCUT2D eigenvalue weighted by atomic mass is 16.3. The van der Waals surface area contributed by atoms with E-state index in [1.165, 1.54) is 0 Å². The van der Waals surface area contributed by atoms with Crippen molar-refractivity contribution in [2.24, 2.45) is 21.8 Å². The second-order valence-electron chi connectivity index (χ2n) is 10.2. The van der Waals surface area contributed by atoms with Crippen molar-refractivity contribution in [1.29, 1.82) is 0 Å². The van der Waals surface area contributed by atoms with Crippen LogP contribution in [-0.4, -0.2) is 64.9 Å². The average molecular weight is 458 g/mol. The fraction of sp³-hybridized carbons (Fsp3) is 0.462. The first-order chi connectivity index (χ1) is 16.6. The Kier molecular flexibility index (Phi) is 4.29. The van der Waals surface area contributed by atoms with Gasteiger partial charge in [-0.1, -0.05) is 0 Å². The molecule has 2 amide bonds. The van der Waals surface area contributed by atoms with E-state index in [1.54, 1.807) is 12.5 Å². The molecule has 0 N–H and O–H groups in total. The fourth-order valence-corrected chi connectivity index (χ4v) is 5.42. The number of rotatable bonds is 5. The summed E-state index contributed by atoms with van der Waals surface area (Å²) in [5, 5.41) is 1.05. The lowest BCUT2D eigenvalue weighted by Crippen LogP contribution is -2.45. The summed E-state index contributed by atoms with van der Waals surface area (Å²) in [7, 11) is 0. The van der Waals surface area contributed by atoms with E-state index < -0.39 is 5.54 Å². The van der Waals surface area contributed by atoms with Gasteiger partial charge in [-0.05, 0) is 62.3 Å². The first-order valence-corrected chi connectivity index (χ1v) is 12.3. The van der Waals surface area contributed by atoms with Gasteiger partial charge in [0.2, 0.25) is 5.91 Å². The van der Waals surface area contributed by atoms with Crippen LogP contribution < -0.4 is 4.90 Å². The molecule has 1 aromatic carbocycles. The summed E-state index contributed by atoms with van der Waals surface area (Å²) in [5.41, 5.74) is 2.15.